The van der Waals surface area contributed by atoms with Gasteiger partial charge in [-0.1, -0.05) is 12.1 Å². The molecule has 0 unspecified atom stereocenters. The Hall–Kier alpha value is -3.45. The molecule has 0 bridgehead atoms. The van der Waals surface area contributed by atoms with E-state index in [9.17, 15) is 26.8 Å². The van der Waals surface area contributed by atoms with E-state index >= 15 is 0 Å². The number of nitrogens with zero attached hydrogens (tertiary/aromatic N) is 2. The average Bonchev–Trinajstić information content (AvgIpc) is 2.74. The zero-order valence-corrected chi connectivity index (χ0v) is 18.1. The molecule has 2 aromatic carbocycles. The van der Waals surface area contributed by atoms with Crippen molar-refractivity contribution in [2.75, 3.05) is 25.9 Å². The first-order valence-electron chi connectivity index (χ1n) is 9.18. The number of carbonyl (C=O) groups is 2. The average molecular weight is 470 g/mol. The lowest BCUT2D eigenvalue weighted by Gasteiger charge is -2.29. The summed E-state index contributed by atoms with van der Waals surface area (Å²) >= 11 is 0. The maximum atomic E-state index is 14.8. The van der Waals surface area contributed by atoms with Gasteiger partial charge in [0.25, 0.3) is 10.2 Å². The van der Waals surface area contributed by atoms with Gasteiger partial charge >= 0.3 is 12.2 Å². The highest BCUT2D eigenvalue weighted by molar-refractivity contribution is 7.90. The molecule has 10 nitrogen and oxygen atoms in total. The molecule has 2 N–H and O–H groups in total. The predicted octanol–water partition coefficient (Wildman–Crippen LogP) is 2.42. The molecule has 172 valence electrons. The van der Waals surface area contributed by atoms with Gasteiger partial charge in [0.1, 0.15) is 0 Å². The third kappa shape index (κ3) is 4.89. The van der Waals surface area contributed by atoms with Gasteiger partial charge in [-0.25, -0.2) is 18.7 Å². The number of nitrogens with one attached hydrogen (secondary N) is 2. The Labute approximate surface area is 182 Å². The molecule has 0 saturated carbocycles. The van der Waals surface area contributed by atoms with E-state index in [-0.39, 0.29) is 35.7 Å². The normalized spacial score (nSPS) is 13.3. The lowest BCUT2D eigenvalue weighted by atomic mass is 10.1. The van der Waals surface area contributed by atoms with E-state index in [2.05, 4.69) is 0 Å². The van der Waals surface area contributed by atoms with Crippen LogP contribution in [0.15, 0.2) is 30.3 Å². The number of carbonyl (C=O) groups excluding carboxylic acids is 2. The summed E-state index contributed by atoms with van der Waals surface area (Å²) in [6.07, 6.45) is -1.76. The Morgan fingerprint density at radius 2 is 1.94 bits per heavy atom. The summed E-state index contributed by atoms with van der Waals surface area (Å²) in [4.78, 5) is 26.3. The smallest absolute Gasteiger partial charge is 0.407 e. The maximum absolute atomic E-state index is 14.8. The quantitative estimate of drug-likeness (QED) is 0.670. The van der Waals surface area contributed by atoms with E-state index in [0.717, 1.165) is 16.8 Å². The fraction of sp³-hybridized carbons (Fsp3) is 0.263. The summed E-state index contributed by atoms with van der Waals surface area (Å²) in [5.41, 5.74) is -0.0149. The van der Waals surface area contributed by atoms with E-state index in [1.807, 2.05) is 9.44 Å². The summed E-state index contributed by atoms with van der Waals surface area (Å²) < 4.78 is 66.7. The van der Waals surface area contributed by atoms with Gasteiger partial charge in [-0.2, -0.15) is 12.8 Å². The number of hydrogen-bond donors (Lipinski definition) is 2. The van der Waals surface area contributed by atoms with Gasteiger partial charge < -0.3 is 14.4 Å². The van der Waals surface area contributed by atoms with Crippen LogP contribution in [0.25, 0.3) is 0 Å². The van der Waals surface area contributed by atoms with Crippen LogP contribution in [0.5, 0.6) is 11.5 Å². The minimum Gasteiger partial charge on any atom is -0.407 e. The molecule has 0 spiro atoms. The van der Waals surface area contributed by atoms with Crippen molar-refractivity contribution in [2.45, 2.75) is 13.1 Å². The fourth-order valence-corrected chi connectivity index (χ4v) is 3.35. The summed E-state index contributed by atoms with van der Waals surface area (Å²) in [6.45, 7) is -0.378. The van der Waals surface area contributed by atoms with Gasteiger partial charge in [0.05, 0.1) is 18.8 Å². The highest BCUT2D eigenvalue weighted by atomic mass is 32.2. The van der Waals surface area contributed by atoms with Crippen molar-refractivity contribution in [3.05, 3.63) is 53.1 Å². The molecule has 0 radical (unpaired) electrons. The third-order valence-corrected chi connectivity index (χ3v) is 5.49. The zero-order valence-electron chi connectivity index (χ0n) is 17.3. The maximum Gasteiger partial charge on any atom is 0.415 e. The summed E-state index contributed by atoms with van der Waals surface area (Å²) in [5, 5.41) is 0. The molecule has 13 heteroatoms. The van der Waals surface area contributed by atoms with Crippen LogP contribution >= 0.6 is 0 Å². The Balaban J connectivity index is 1.82. The topological polar surface area (TPSA) is 117 Å². The van der Waals surface area contributed by atoms with Gasteiger partial charge in [0.2, 0.25) is 5.82 Å². The SMILES string of the molecule is CNS(=O)(=O)Nc1cccc(CN2Cc3ccc(OC(=O)N(C)C)c(F)c3OC2=O)c1F. The van der Waals surface area contributed by atoms with Crippen molar-refractivity contribution in [3.63, 3.8) is 0 Å². The number of hydrogen-bond acceptors (Lipinski definition) is 6. The lowest BCUT2D eigenvalue weighted by Crippen LogP contribution is -2.37. The Kier molecular flexibility index (Phi) is 6.50. The van der Waals surface area contributed by atoms with Gasteiger partial charge in [0.15, 0.2) is 17.3 Å². The van der Waals surface area contributed by atoms with Crippen LogP contribution in [-0.4, -0.2) is 51.5 Å². The number of benzene rings is 2. The number of ether oxygens (including phenoxy) is 2. The summed E-state index contributed by atoms with van der Waals surface area (Å²) in [5.74, 6) is -2.67. The molecule has 32 heavy (non-hydrogen) atoms. The van der Waals surface area contributed by atoms with Gasteiger partial charge in [0, 0.05) is 32.3 Å². The van der Waals surface area contributed by atoms with Crippen LogP contribution in [0.1, 0.15) is 11.1 Å². The number of rotatable bonds is 6. The largest absolute Gasteiger partial charge is 0.415 e. The van der Waals surface area contributed by atoms with Crippen LogP contribution in [0.2, 0.25) is 0 Å². The monoisotopic (exact) mass is 470 g/mol. The third-order valence-electron chi connectivity index (χ3n) is 4.47. The molecule has 0 fully saturated rings. The number of anilines is 1. The Morgan fingerprint density at radius 3 is 2.59 bits per heavy atom. The van der Waals surface area contributed by atoms with Crippen LogP contribution in [0, 0.1) is 11.6 Å². The lowest BCUT2D eigenvalue weighted by molar-refractivity contribution is 0.131. The fourth-order valence-electron chi connectivity index (χ4n) is 2.80. The first-order chi connectivity index (χ1) is 15.0. The van der Waals surface area contributed by atoms with Crippen molar-refractivity contribution < 1.29 is 36.3 Å². The molecular formula is C19H20F2N4O6S. The number of fused-ring (bicyclic) bond motifs is 1. The van der Waals surface area contributed by atoms with Crippen LogP contribution in [0.4, 0.5) is 24.1 Å². The highest BCUT2D eigenvalue weighted by Crippen LogP contribution is 2.35. The molecule has 1 heterocycles. The van der Waals surface area contributed by atoms with Crippen LogP contribution < -0.4 is 18.9 Å². The summed E-state index contributed by atoms with van der Waals surface area (Å²) in [7, 11) is 0.0695. The minimum atomic E-state index is -3.94. The molecule has 2 aromatic rings. The minimum absolute atomic E-state index is 0.0127. The van der Waals surface area contributed by atoms with E-state index in [1.54, 1.807) is 0 Å². The molecule has 0 aromatic heterocycles. The van der Waals surface area contributed by atoms with Gasteiger partial charge in [-0.05, 0) is 18.2 Å². The molecule has 2 amide bonds. The molecule has 0 atom stereocenters. The van der Waals surface area contributed by atoms with E-state index in [4.69, 9.17) is 9.47 Å². The molecule has 1 aliphatic heterocycles. The van der Waals surface area contributed by atoms with Crippen molar-refractivity contribution in [3.8, 4) is 11.5 Å². The van der Waals surface area contributed by atoms with Crippen molar-refractivity contribution >= 4 is 28.1 Å². The van der Waals surface area contributed by atoms with Crippen molar-refractivity contribution in [2.24, 2.45) is 0 Å². The molecule has 0 saturated heterocycles. The second kappa shape index (κ2) is 8.96. The first-order valence-corrected chi connectivity index (χ1v) is 10.7. The zero-order chi connectivity index (χ0) is 23.6. The van der Waals surface area contributed by atoms with E-state index in [0.29, 0.717) is 0 Å². The van der Waals surface area contributed by atoms with Gasteiger partial charge in [-0.3, -0.25) is 9.62 Å². The molecular weight excluding hydrogens is 450 g/mol. The van der Waals surface area contributed by atoms with Crippen LogP contribution in [-0.2, 0) is 23.3 Å². The van der Waals surface area contributed by atoms with E-state index < -0.39 is 39.8 Å². The number of halogens is 2. The van der Waals surface area contributed by atoms with Gasteiger partial charge in [-0.15, -0.1) is 0 Å². The van der Waals surface area contributed by atoms with Crippen molar-refractivity contribution in [1.29, 1.82) is 0 Å². The first kappa shape index (κ1) is 23.2. The molecule has 1 aliphatic rings. The second-order valence-electron chi connectivity index (χ2n) is 6.94. The standard InChI is InChI=1S/C19H20F2N4O6S/c1-22-32(28,29)23-13-6-4-5-11(15(13)20)9-25-10-12-7-8-14(30-18(26)24(2)3)16(21)17(12)31-19(25)27/h4-8,22-23H,9-10H2,1-3H3. The van der Waals surface area contributed by atoms with E-state index in [1.165, 1.54) is 44.4 Å². The molecule has 0 aliphatic carbocycles. The molecule has 3 rings (SSSR count). The van der Waals surface area contributed by atoms with Crippen molar-refractivity contribution in [1.82, 2.24) is 14.5 Å². The predicted molar refractivity (Wildman–Crippen MR) is 109 cm³/mol. The highest BCUT2D eigenvalue weighted by Gasteiger charge is 2.30. The number of amides is 2. The Morgan fingerprint density at radius 1 is 1.22 bits per heavy atom. The summed E-state index contributed by atoms with van der Waals surface area (Å²) in [6, 6.07) is 6.66. The second-order valence-corrected chi connectivity index (χ2v) is 8.56. The Bertz CT molecular complexity index is 1170. The van der Waals surface area contributed by atoms with Crippen LogP contribution in [0.3, 0.4) is 0 Å².